The van der Waals surface area contributed by atoms with Gasteiger partial charge in [0.15, 0.2) is 0 Å². The zero-order chi connectivity index (χ0) is 21.7. The van der Waals surface area contributed by atoms with Gasteiger partial charge in [-0.25, -0.2) is 4.98 Å². The molecule has 8 heteroatoms. The lowest BCUT2D eigenvalue weighted by Crippen LogP contribution is -2.32. The Balaban J connectivity index is 1.72. The molecule has 160 valence electrons. The summed E-state index contributed by atoms with van der Waals surface area (Å²) in [7, 11) is 3.89. The minimum Gasteiger partial charge on any atom is -0.507 e. The summed E-state index contributed by atoms with van der Waals surface area (Å²) in [5, 5.41) is 14.2. The molecule has 1 aliphatic rings. The van der Waals surface area contributed by atoms with Gasteiger partial charge in [-0.2, -0.15) is 0 Å². The van der Waals surface area contributed by atoms with Crippen LogP contribution in [-0.4, -0.2) is 58.8 Å². The summed E-state index contributed by atoms with van der Waals surface area (Å²) >= 11 is 1.24. The van der Waals surface area contributed by atoms with Gasteiger partial charge in [-0.15, -0.1) is 11.3 Å². The summed E-state index contributed by atoms with van der Waals surface area (Å²) in [5.74, 6) is -0.326. The Morgan fingerprint density at radius 1 is 1.30 bits per heavy atom. The number of carbonyl (C=O) groups excluding carboxylic acids is 2. The molecular formula is C22H28N4O3S. The average Bonchev–Trinajstić information content (AvgIpc) is 3.12. The fourth-order valence-electron chi connectivity index (χ4n) is 3.30. The molecule has 0 saturated carbocycles. The molecule has 30 heavy (non-hydrogen) atoms. The summed E-state index contributed by atoms with van der Waals surface area (Å²) in [6.07, 6.45) is 4.65. The Morgan fingerprint density at radius 3 is 2.77 bits per heavy atom. The number of aliphatic hydroxyl groups is 1. The molecule has 1 amide bonds. The predicted molar refractivity (Wildman–Crippen MR) is 118 cm³/mol. The van der Waals surface area contributed by atoms with Crippen molar-refractivity contribution in [2.45, 2.75) is 39.0 Å². The summed E-state index contributed by atoms with van der Waals surface area (Å²) in [6.45, 7) is 3.42. The third-order valence-corrected chi connectivity index (χ3v) is 6.01. The number of amides is 1. The third-order valence-electron chi connectivity index (χ3n) is 4.92. The molecule has 0 saturated heterocycles. The molecule has 3 rings (SSSR count). The molecule has 2 aromatic heterocycles. The van der Waals surface area contributed by atoms with Crippen LogP contribution in [0.3, 0.4) is 0 Å². The first kappa shape index (κ1) is 22.1. The highest BCUT2D eigenvalue weighted by Gasteiger charge is 2.29. The van der Waals surface area contributed by atoms with Gasteiger partial charge in [0, 0.05) is 36.1 Å². The molecular weight excluding hydrogens is 400 g/mol. The first-order chi connectivity index (χ1) is 14.4. The van der Waals surface area contributed by atoms with Crippen molar-refractivity contribution in [3.63, 3.8) is 0 Å². The number of aliphatic hydroxyl groups excluding tert-OH is 1. The van der Waals surface area contributed by atoms with Crippen molar-refractivity contribution in [1.29, 1.82) is 0 Å². The molecule has 2 heterocycles. The second-order valence-electron chi connectivity index (χ2n) is 7.66. The van der Waals surface area contributed by atoms with Crippen LogP contribution in [0, 0.1) is 0 Å². The van der Waals surface area contributed by atoms with Gasteiger partial charge in [0.2, 0.25) is 11.7 Å². The maximum atomic E-state index is 13.0. The second-order valence-corrected chi connectivity index (χ2v) is 8.74. The zero-order valence-electron chi connectivity index (χ0n) is 17.7. The van der Waals surface area contributed by atoms with Crippen molar-refractivity contribution in [3.05, 3.63) is 50.7 Å². The number of aromatic nitrogens is 2. The van der Waals surface area contributed by atoms with E-state index in [1.807, 2.05) is 25.1 Å². The van der Waals surface area contributed by atoms with E-state index in [9.17, 15) is 14.7 Å². The molecule has 0 atom stereocenters. The summed E-state index contributed by atoms with van der Waals surface area (Å²) in [6, 6.07) is 3.69. The Morgan fingerprint density at radius 2 is 2.10 bits per heavy atom. The highest BCUT2D eigenvalue weighted by atomic mass is 32.1. The van der Waals surface area contributed by atoms with Gasteiger partial charge in [0.05, 0.1) is 17.0 Å². The fraction of sp³-hybridized carbons (Fsp3) is 0.455. The van der Waals surface area contributed by atoms with Gasteiger partial charge < -0.3 is 15.3 Å². The van der Waals surface area contributed by atoms with E-state index < -0.39 is 0 Å². The Kier molecular flexibility index (Phi) is 7.33. The van der Waals surface area contributed by atoms with Crippen LogP contribution in [0.2, 0.25) is 0 Å². The minimum absolute atomic E-state index is 0.0161. The molecule has 0 aliphatic heterocycles. The van der Waals surface area contributed by atoms with Crippen LogP contribution in [0.1, 0.15) is 51.4 Å². The number of fused-ring (bicyclic) bond motifs is 1. The number of rotatable bonds is 8. The van der Waals surface area contributed by atoms with Gasteiger partial charge >= 0.3 is 0 Å². The van der Waals surface area contributed by atoms with Crippen LogP contribution in [0.25, 0.3) is 5.76 Å². The lowest BCUT2D eigenvalue weighted by Gasteiger charge is -2.14. The Bertz CT molecular complexity index is 948. The molecule has 0 fully saturated rings. The number of aryl methyl sites for hydroxylation is 2. The quantitative estimate of drug-likeness (QED) is 0.496. The molecule has 2 N–H and O–H groups in total. The number of likely N-dealkylation sites (N-methyl/N-ethyl adjacent to an activating group) is 1. The molecule has 0 unspecified atom stereocenters. The van der Waals surface area contributed by atoms with E-state index >= 15 is 0 Å². The summed E-state index contributed by atoms with van der Waals surface area (Å²) in [5.41, 5.74) is 2.62. The number of nitrogens with zero attached hydrogens (tertiary/aromatic N) is 3. The first-order valence-electron chi connectivity index (χ1n) is 10.2. The van der Waals surface area contributed by atoms with E-state index in [2.05, 4.69) is 22.2 Å². The van der Waals surface area contributed by atoms with E-state index in [1.54, 1.807) is 12.3 Å². The lowest BCUT2D eigenvalue weighted by molar-refractivity contribution is -0.120. The van der Waals surface area contributed by atoms with Gasteiger partial charge in [-0.1, -0.05) is 13.3 Å². The van der Waals surface area contributed by atoms with Crippen molar-refractivity contribution in [3.8, 4) is 0 Å². The van der Waals surface area contributed by atoms with E-state index in [-0.39, 0.29) is 23.9 Å². The highest BCUT2D eigenvalue weighted by Crippen LogP contribution is 2.33. The van der Waals surface area contributed by atoms with Crippen molar-refractivity contribution >= 4 is 28.8 Å². The predicted octanol–water partition coefficient (Wildman–Crippen LogP) is 2.81. The normalized spacial score (nSPS) is 15.3. The molecule has 0 spiro atoms. The van der Waals surface area contributed by atoms with Crippen LogP contribution in [0.15, 0.2) is 23.9 Å². The third kappa shape index (κ3) is 5.31. The maximum absolute atomic E-state index is 13.0. The van der Waals surface area contributed by atoms with Crippen molar-refractivity contribution < 1.29 is 14.7 Å². The SMILES string of the molecule is CCCc1ccc(/C(O)=C2\CCc3nc(CC(=O)NCCN(C)C)sc3C2=O)cn1. The number of ketones is 1. The van der Waals surface area contributed by atoms with E-state index in [1.165, 1.54) is 11.3 Å². The van der Waals surface area contributed by atoms with Crippen molar-refractivity contribution in [2.75, 3.05) is 27.2 Å². The molecule has 0 aromatic carbocycles. The summed E-state index contributed by atoms with van der Waals surface area (Å²) in [4.78, 5) is 36.5. The monoisotopic (exact) mass is 428 g/mol. The van der Waals surface area contributed by atoms with Crippen molar-refractivity contribution in [1.82, 2.24) is 20.2 Å². The van der Waals surface area contributed by atoms with Crippen LogP contribution >= 0.6 is 11.3 Å². The number of nitrogens with one attached hydrogen (secondary N) is 1. The van der Waals surface area contributed by atoms with Crippen LogP contribution in [-0.2, 0) is 24.1 Å². The molecule has 1 aliphatic carbocycles. The average molecular weight is 429 g/mol. The Hall–Kier alpha value is -2.58. The number of carbonyl (C=O) groups is 2. The van der Waals surface area contributed by atoms with Crippen molar-refractivity contribution in [2.24, 2.45) is 0 Å². The molecule has 7 nitrogen and oxygen atoms in total. The van der Waals surface area contributed by atoms with Crippen LogP contribution in [0.5, 0.6) is 0 Å². The number of thiazole rings is 1. The second kappa shape index (κ2) is 9.95. The van der Waals surface area contributed by atoms with Crippen LogP contribution < -0.4 is 5.32 Å². The fourth-order valence-corrected chi connectivity index (χ4v) is 4.38. The standard InChI is InChI=1S/C22H28N4O3S/c1-4-5-15-7-6-14(13-24-15)20(28)16-8-9-17-22(21(16)29)30-19(25-17)12-18(27)23-10-11-26(2)3/h6-7,13,28H,4-5,8-12H2,1-3H3,(H,23,27)/b20-16-. The topological polar surface area (TPSA) is 95.4 Å². The van der Waals surface area contributed by atoms with Gasteiger partial charge in [-0.05, 0) is 45.5 Å². The van der Waals surface area contributed by atoms with E-state index in [0.717, 1.165) is 25.1 Å². The maximum Gasteiger partial charge on any atom is 0.226 e. The number of allylic oxidation sites excluding steroid dienone is 1. The van der Waals surface area contributed by atoms with Gasteiger partial charge in [0.25, 0.3) is 0 Å². The molecule has 2 aromatic rings. The number of hydrogen-bond acceptors (Lipinski definition) is 7. The van der Waals surface area contributed by atoms with E-state index in [4.69, 9.17) is 0 Å². The van der Waals surface area contributed by atoms with E-state index in [0.29, 0.717) is 46.1 Å². The number of hydrogen-bond donors (Lipinski definition) is 2. The Labute approximate surface area is 180 Å². The number of Topliss-reactive ketones (excluding diaryl/α,β-unsaturated/α-hetero) is 1. The minimum atomic E-state index is -0.205. The first-order valence-corrected chi connectivity index (χ1v) is 11.0. The van der Waals surface area contributed by atoms with Gasteiger partial charge in [0.1, 0.15) is 10.8 Å². The lowest BCUT2D eigenvalue weighted by atomic mass is 9.93. The van der Waals surface area contributed by atoms with Crippen LogP contribution in [0.4, 0.5) is 0 Å². The smallest absolute Gasteiger partial charge is 0.226 e. The molecule has 0 radical (unpaired) electrons. The summed E-state index contributed by atoms with van der Waals surface area (Å²) < 4.78 is 0. The zero-order valence-corrected chi connectivity index (χ0v) is 18.5. The highest BCUT2D eigenvalue weighted by molar-refractivity contribution is 7.14. The molecule has 0 bridgehead atoms. The van der Waals surface area contributed by atoms with Gasteiger partial charge in [-0.3, -0.25) is 14.6 Å². The largest absolute Gasteiger partial charge is 0.507 e. The number of pyridine rings is 1.